The van der Waals surface area contributed by atoms with Crippen molar-refractivity contribution in [2.45, 2.75) is 19.4 Å². The molecule has 0 bridgehead atoms. The van der Waals surface area contributed by atoms with Gasteiger partial charge in [0.05, 0.1) is 18.3 Å². The van der Waals surface area contributed by atoms with Crippen molar-refractivity contribution in [3.63, 3.8) is 0 Å². The van der Waals surface area contributed by atoms with Crippen molar-refractivity contribution in [2.24, 2.45) is 0 Å². The first-order chi connectivity index (χ1) is 15.1. The smallest absolute Gasteiger partial charge is 0.255 e. The molecule has 1 aliphatic rings. The van der Waals surface area contributed by atoms with E-state index in [0.29, 0.717) is 16.1 Å². The van der Waals surface area contributed by atoms with Gasteiger partial charge in [-0.2, -0.15) is 5.10 Å². The van der Waals surface area contributed by atoms with Gasteiger partial charge in [-0.05, 0) is 74.0 Å². The summed E-state index contributed by atoms with van der Waals surface area (Å²) in [5, 5.41) is 5.84. The Hall–Kier alpha value is -2.67. The summed E-state index contributed by atoms with van der Waals surface area (Å²) < 4.78 is 17.8. The third kappa shape index (κ3) is 4.44. The van der Waals surface area contributed by atoms with Crippen LogP contribution in [0.5, 0.6) is 0 Å². The van der Waals surface area contributed by atoms with Crippen LogP contribution in [0.4, 0.5) is 4.39 Å². The lowest BCUT2D eigenvalue weighted by atomic mass is 10.1. The Morgan fingerprint density at radius 3 is 2.56 bits per heavy atom. The number of hydrogen-bond acceptors (Lipinski definition) is 3. The fraction of sp³-hybridized carbons (Fsp3) is 0.250. The molecule has 4 aromatic rings. The molecular weight excluding hydrogens is 450 g/mol. The molecule has 8 heteroatoms. The Bertz CT molecular complexity index is 1310. The number of nitrogens with zero attached hydrogens (tertiary/aromatic N) is 4. The maximum atomic E-state index is 14.2. The average Bonchev–Trinajstić information content (AvgIpc) is 3.41. The number of rotatable bonds is 5. The van der Waals surface area contributed by atoms with Crippen LogP contribution in [0.25, 0.3) is 27.7 Å². The Morgan fingerprint density at radius 1 is 1.00 bits per heavy atom. The number of fused-ring (bicyclic) bond motifs is 1. The zero-order valence-corrected chi connectivity index (χ0v) is 18.9. The van der Waals surface area contributed by atoms with Gasteiger partial charge >= 0.3 is 0 Å². The van der Waals surface area contributed by atoms with Crippen molar-refractivity contribution in [3.8, 4) is 16.8 Å². The molecule has 2 aromatic heterocycles. The molecule has 3 heterocycles. The van der Waals surface area contributed by atoms with Crippen LogP contribution in [0.1, 0.15) is 12.8 Å². The van der Waals surface area contributed by atoms with Crippen LogP contribution in [0.3, 0.4) is 0 Å². The van der Waals surface area contributed by atoms with Gasteiger partial charge < -0.3 is 4.90 Å². The molecule has 0 aliphatic carbocycles. The second-order valence-corrected chi connectivity index (χ2v) is 8.34. The van der Waals surface area contributed by atoms with Crippen LogP contribution in [-0.4, -0.2) is 38.9 Å². The molecule has 0 unspecified atom stereocenters. The predicted octanol–water partition coefficient (Wildman–Crippen LogP) is 5.16. The lowest BCUT2D eigenvalue weighted by molar-refractivity contribution is 0.318. The largest absolute Gasteiger partial charge is 0.301 e. The van der Waals surface area contributed by atoms with Gasteiger partial charge in [0.1, 0.15) is 5.82 Å². The molecule has 0 N–H and O–H groups in total. The first-order valence-electron chi connectivity index (χ1n) is 10.4. The van der Waals surface area contributed by atoms with E-state index < -0.39 is 5.82 Å². The number of likely N-dealkylation sites (tertiary alicyclic amines) is 1. The van der Waals surface area contributed by atoms with E-state index >= 15 is 0 Å². The molecule has 5 nitrogen and oxygen atoms in total. The Labute approximate surface area is 196 Å². The van der Waals surface area contributed by atoms with Gasteiger partial charge in [0.25, 0.3) is 5.56 Å². The molecule has 1 aliphatic heterocycles. The van der Waals surface area contributed by atoms with Crippen molar-refractivity contribution < 1.29 is 4.39 Å². The molecule has 0 spiro atoms. The first kappa shape index (κ1) is 22.5. The number of aromatic nitrogens is 3. The Morgan fingerprint density at radius 2 is 1.81 bits per heavy atom. The van der Waals surface area contributed by atoms with Crippen LogP contribution in [0, 0.1) is 5.82 Å². The lowest BCUT2D eigenvalue weighted by Crippen LogP contribution is -2.24. The summed E-state index contributed by atoms with van der Waals surface area (Å²) in [6.45, 7) is 4.19. The van der Waals surface area contributed by atoms with E-state index in [0.717, 1.165) is 29.7 Å². The normalized spacial score (nSPS) is 14.1. The quantitative estimate of drug-likeness (QED) is 0.402. The van der Waals surface area contributed by atoms with Gasteiger partial charge in [0, 0.05) is 40.5 Å². The number of benzene rings is 2. The van der Waals surface area contributed by atoms with Gasteiger partial charge in [-0.15, -0.1) is 12.4 Å². The predicted molar refractivity (Wildman–Crippen MR) is 129 cm³/mol. The van der Waals surface area contributed by atoms with Crippen molar-refractivity contribution in [1.29, 1.82) is 0 Å². The number of halogens is 3. The van der Waals surface area contributed by atoms with Crippen LogP contribution >= 0.6 is 24.0 Å². The van der Waals surface area contributed by atoms with Gasteiger partial charge in [-0.25, -0.2) is 4.39 Å². The minimum Gasteiger partial charge on any atom is -0.301 e. The molecule has 1 fully saturated rings. The van der Waals surface area contributed by atoms with Crippen LogP contribution in [-0.2, 0) is 6.54 Å². The van der Waals surface area contributed by atoms with Crippen molar-refractivity contribution in [3.05, 3.63) is 82.1 Å². The SMILES string of the molecule is Cl.O=c1cc(-c2ccc(Cl)cc2F)ccn1-c1ccc2c(cnn2CCN2CCCC2)c1. The zero-order chi connectivity index (χ0) is 21.4. The van der Waals surface area contributed by atoms with Crippen LogP contribution < -0.4 is 5.56 Å². The first-order valence-corrected chi connectivity index (χ1v) is 10.8. The summed E-state index contributed by atoms with van der Waals surface area (Å²) in [7, 11) is 0. The van der Waals surface area contributed by atoms with Gasteiger partial charge in [0.2, 0.25) is 0 Å². The van der Waals surface area contributed by atoms with E-state index in [1.807, 2.05) is 29.1 Å². The van der Waals surface area contributed by atoms with E-state index in [1.165, 1.54) is 38.1 Å². The third-order valence-electron chi connectivity index (χ3n) is 5.89. The molecule has 32 heavy (non-hydrogen) atoms. The molecule has 2 aromatic carbocycles. The van der Waals surface area contributed by atoms with Crippen LogP contribution in [0.15, 0.2) is 65.7 Å². The highest BCUT2D eigenvalue weighted by molar-refractivity contribution is 6.30. The molecule has 0 amide bonds. The molecule has 1 saturated heterocycles. The molecular formula is C24H23Cl2FN4O. The Balaban J connectivity index is 0.00000245. The second-order valence-electron chi connectivity index (χ2n) is 7.91. The minimum absolute atomic E-state index is 0. The summed E-state index contributed by atoms with van der Waals surface area (Å²) >= 11 is 5.83. The summed E-state index contributed by atoms with van der Waals surface area (Å²) in [6.07, 6.45) is 6.07. The van der Waals surface area contributed by atoms with Crippen molar-refractivity contribution in [2.75, 3.05) is 19.6 Å². The zero-order valence-electron chi connectivity index (χ0n) is 17.4. The van der Waals surface area contributed by atoms with E-state index in [4.69, 9.17) is 11.6 Å². The average molecular weight is 473 g/mol. The van der Waals surface area contributed by atoms with Gasteiger partial charge in [-0.3, -0.25) is 14.0 Å². The third-order valence-corrected chi connectivity index (χ3v) is 6.13. The topological polar surface area (TPSA) is 43.1 Å². The molecule has 0 radical (unpaired) electrons. The molecule has 166 valence electrons. The molecule has 0 saturated carbocycles. The van der Waals surface area contributed by atoms with Crippen molar-refractivity contribution in [1.82, 2.24) is 19.2 Å². The fourth-order valence-electron chi connectivity index (χ4n) is 4.23. The number of pyridine rings is 1. The van der Waals surface area contributed by atoms with Gasteiger partial charge in [-0.1, -0.05) is 11.6 Å². The highest BCUT2D eigenvalue weighted by Gasteiger charge is 2.13. The summed E-state index contributed by atoms with van der Waals surface area (Å²) in [5.41, 5.74) is 2.44. The molecule has 0 atom stereocenters. The summed E-state index contributed by atoms with van der Waals surface area (Å²) in [6, 6.07) is 13.5. The second kappa shape index (κ2) is 9.45. The molecule has 5 rings (SSSR count). The van der Waals surface area contributed by atoms with E-state index in [9.17, 15) is 9.18 Å². The van der Waals surface area contributed by atoms with E-state index in [1.54, 1.807) is 29.0 Å². The fourth-order valence-corrected chi connectivity index (χ4v) is 4.39. The Kier molecular flexibility index (Phi) is 6.65. The maximum absolute atomic E-state index is 14.2. The van der Waals surface area contributed by atoms with Crippen molar-refractivity contribution >= 4 is 34.9 Å². The van der Waals surface area contributed by atoms with Gasteiger partial charge in [0.15, 0.2) is 0 Å². The summed E-state index contributed by atoms with van der Waals surface area (Å²) in [4.78, 5) is 15.2. The van der Waals surface area contributed by atoms with E-state index in [2.05, 4.69) is 10.00 Å². The summed E-state index contributed by atoms with van der Waals surface area (Å²) in [5.74, 6) is -0.451. The monoisotopic (exact) mass is 472 g/mol. The minimum atomic E-state index is -0.451. The van der Waals surface area contributed by atoms with E-state index in [-0.39, 0.29) is 18.0 Å². The lowest BCUT2D eigenvalue weighted by Gasteiger charge is -2.14. The highest BCUT2D eigenvalue weighted by atomic mass is 35.5. The number of hydrogen-bond donors (Lipinski definition) is 0. The highest BCUT2D eigenvalue weighted by Crippen LogP contribution is 2.25. The van der Waals surface area contributed by atoms with Crippen LogP contribution in [0.2, 0.25) is 5.02 Å². The standard InChI is InChI=1S/C24H22ClFN4O.ClH/c25-19-3-5-21(22(26)15-19)17-7-10-29(24(31)14-17)20-4-6-23-18(13-20)16-27-30(23)12-11-28-8-1-2-9-28;/h3-7,10,13-16H,1-2,8-9,11-12H2;1H. The maximum Gasteiger partial charge on any atom is 0.255 e.